The fourth-order valence-corrected chi connectivity index (χ4v) is 1.29. The fourth-order valence-electron chi connectivity index (χ4n) is 1.29. The zero-order valence-electron chi connectivity index (χ0n) is 8.65. The largest absolute Gasteiger partial charge is 0.507 e. The summed E-state index contributed by atoms with van der Waals surface area (Å²) in [5, 5.41) is 11.9. The lowest BCUT2D eigenvalue weighted by Crippen LogP contribution is -2.37. The number of benzene rings is 1. The maximum Gasteiger partial charge on any atom is 0.217 e. The number of Topliss-reactive ketones (excluding diaryl/α,β-unsaturated/α-hetero) is 1. The van der Waals surface area contributed by atoms with Gasteiger partial charge in [0.25, 0.3) is 0 Å². The number of phenolic OH excluding ortho intramolecular Hbond substituents is 1. The first-order valence-corrected chi connectivity index (χ1v) is 4.61. The van der Waals surface area contributed by atoms with Gasteiger partial charge in [0.05, 0.1) is 11.6 Å². The molecule has 4 nitrogen and oxygen atoms in total. The van der Waals surface area contributed by atoms with E-state index in [1.807, 2.05) is 0 Å². The third kappa shape index (κ3) is 2.80. The number of carbonyl (C=O) groups excluding carboxylic acids is 2. The van der Waals surface area contributed by atoms with E-state index < -0.39 is 6.04 Å². The molecule has 0 saturated carbocycles. The molecule has 1 rings (SSSR count). The summed E-state index contributed by atoms with van der Waals surface area (Å²) in [6.45, 7) is 2.92. The third-order valence-corrected chi connectivity index (χ3v) is 1.98. The number of carbonyl (C=O) groups is 2. The molecule has 0 aromatic heterocycles. The highest BCUT2D eigenvalue weighted by Gasteiger charge is 2.18. The Morgan fingerprint density at radius 2 is 1.93 bits per heavy atom. The number of hydrogen-bond donors (Lipinski definition) is 2. The van der Waals surface area contributed by atoms with Crippen LogP contribution in [0.2, 0.25) is 0 Å². The Kier molecular flexibility index (Phi) is 3.44. The number of para-hydroxylation sites is 1. The molecule has 0 aliphatic heterocycles. The summed E-state index contributed by atoms with van der Waals surface area (Å²) >= 11 is 0. The van der Waals surface area contributed by atoms with Gasteiger partial charge < -0.3 is 10.4 Å². The van der Waals surface area contributed by atoms with Crippen molar-refractivity contribution in [3.05, 3.63) is 29.8 Å². The molecule has 0 radical (unpaired) electrons. The second-order valence-electron chi connectivity index (χ2n) is 3.30. The van der Waals surface area contributed by atoms with Crippen molar-refractivity contribution in [3.63, 3.8) is 0 Å². The molecule has 4 heteroatoms. The van der Waals surface area contributed by atoms with Gasteiger partial charge in [0.1, 0.15) is 5.75 Å². The van der Waals surface area contributed by atoms with Gasteiger partial charge >= 0.3 is 0 Å². The molecule has 1 atom stereocenters. The van der Waals surface area contributed by atoms with Gasteiger partial charge in [-0.15, -0.1) is 0 Å². The summed E-state index contributed by atoms with van der Waals surface area (Å²) in [6, 6.07) is 5.63. The lowest BCUT2D eigenvalue weighted by molar-refractivity contribution is -0.119. The molecule has 0 aliphatic carbocycles. The molecule has 1 aromatic carbocycles. The summed E-state index contributed by atoms with van der Waals surface area (Å²) in [6.07, 6.45) is 0. The normalized spacial score (nSPS) is 11.9. The first kappa shape index (κ1) is 11.2. The van der Waals surface area contributed by atoms with Crippen molar-refractivity contribution in [2.75, 3.05) is 0 Å². The van der Waals surface area contributed by atoms with E-state index in [1.165, 1.54) is 19.1 Å². The molecule has 1 amide bonds. The van der Waals surface area contributed by atoms with Crippen LogP contribution in [-0.2, 0) is 4.79 Å². The number of aromatic hydroxyl groups is 1. The van der Waals surface area contributed by atoms with E-state index in [4.69, 9.17) is 0 Å². The molecule has 80 valence electrons. The van der Waals surface area contributed by atoms with E-state index in [9.17, 15) is 14.7 Å². The SMILES string of the molecule is CC(=O)NC(C)C(=O)c1ccccc1O. The highest BCUT2D eigenvalue weighted by atomic mass is 16.3. The van der Waals surface area contributed by atoms with Crippen molar-refractivity contribution in [1.29, 1.82) is 0 Å². The van der Waals surface area contributed by atoms with Gasteiger partial charge in [0.2, 0.25) is 5.91 Å². The molecule has 1 aromatic rings. The van der Waals surface area contributed by atoms with Crippen LogP contribution < -0.4 is 5.32 Å². The number of ketones is 1. The lowest BCUT2D eigenvalue weighted by atomic mass is 10.0. The molecular formula is C11H13NO3. The van der Waals surface area contributed by atoms with Crippen LogP contribution in [0, 0.1) is 0 Å². The van der Waals surface area contributed by atoms with Crippen LogP contribution in [0.5, 0.6) is 5.75 Å². The summed E-state index contributed by atoms with van der Waals surface area (Å²) in [5.41, 5.74) is 0.221. The lowest BCUT2D eigenvalue weighted by Gasteiger charge is -2.11. The molecule has 2 N–H and O–H groups in total. The zero-order valence-corrected chi connectivity index (χ0v) is 8.65. The number of nitrogens with one attached hydrogen (secondary N) is 1. The van der Waals surface area contributed by atoms with Crippen LogP contribution in [0.15, 0.2) is 24.3 Å². The molecule has 15 heavy (non-hydrogen) atoms. The minimum atomic E-state index is -0.629. The van der Waals surface area contributed by atoms with Gasteiger partial charge in [-0.2, -0.15) is 0 Å². The standard InChI is InChI=1S/C11H13NO3/c1-7(12-8(2)13)11(15)9-5-3-4-6-10(9)14/h3-7,14H,1-2H3,(H,12,13). The fraction of sp³-hybridized carbons (Fsp3) is 0.273. The van der Waals surface area contributed by atoms with E-state index in [1.54, 1.807) is 19.1 Å². The summed E-state index contributed by atoms with van der Waals surface area (Å²) in [7, 11) is 0. The van der Waals surface area contributed by atoms with Gasteiger partial charge in [0.15, 0.2) is 5.78 Å². The van der Waals surface area contributed by atoms with Crippen molar-refractivity contribution in [1.82, 2.24) is 5.32 Å². The van der Waals surface area contributed by atoms with Gasteiger partial charge in [-0.05, 0) is 19.1 Å². The van der Waals surface area contributed by atoms with Crippen molar-refractivity contribution in [2.45, 2.75) is 19.9 Å². The number of rotatable bonds is 3. The topological polar surface area (TPSA) is 66.4 Å². The Morgan fingerprint density at radius 3 is 2.47 bits per heavy atom. The highest BCUT2D eigenvalue weighted by molar-refractivity contribution is 6.03. The molecule has 0 spiro atoms. The summed E-state index contributed by atoms with van der Waals surface area (Å²) < 4.78 is 0. The van der Waals surface area contributed by atoms with Crippen LogP contribution in [0.3, 0.4) is 0 Å². The number of amides is 1. The van der Waals surface area contributed by atoms with E-state index in [-0.39, 0.29) is 23.0 Å². The molecule has 0 saturated heterocycles. The van der Waals surface area contributed by atoms with E-state index >= 15 is 0 Å². The van der Waals surface area contributed by atoms with Gasteiger partial charge in [-0.3, -0.25) is 9.59 Å². The Balaban J connectivity index is 2.85. The second-order valence-corrected chi connectivity index (χ2v) is 3.30. The number of phenols is 1. The van der Waals surface area contributed by atoms with Crippen LogP contribution in [0.4, 0.5) is 0 Å². The maximum absolute atomic E-state index is 11.7. The van der Waals surface area contributed by atoms with Crippen molar-refractivity contribution in [3.8, 4) is 5.75 Å². The Hall–Kier alpha value is -1.84. The second kappa shape index (κ2) is 4.59. The first-order valence-electron chi connectivity index (χ1n) is 4.61. The number of hydrogen-bond acceptors (Lipinski definition) is 3. The summed E-state index contributed by atoms with van der Waals surface area (Å²) in [4.78, 5) is 22.5. The average Bonchev–Trinajstić information content (AvgIpc) is 2.16. The molecule has 0 aliphatic rings. The zero-order chi connectivity index (χ0) is 11.4. The Morgan fingerprint density at radius 1 is 1.33 bits per heavy atom. The Labute approximate surface area is 87.9 Å². The van der Waals surface area contributed by atoms with Crippen LogP contribution in [0.1, 0.15) is 24.2 Å². The first-order chi connectivity index (χ1) is 7.02. The third-order valence-electron chi connectivity index (χ3n) is 1.98. The van der Waals surface area contributed by atoms with E-state index in [0.29, 0.717) is 0 Å². The molecule has 0 heterocycles. The minimum absolute atomic E-state index is 0.0697. The van der Waals surface area contributed by atoms with E-state index in [2.05, 4.69) is 5.32 Å². The highest BCUT2D eigenvalue weighted by Crippen LogP contribution is 2.17. The van der Waals surface area contributed by atoms with Crippen LogP contribution in [-0.4, -0.2) is 22.8 Å². The van der Waals surface area contributed by atoms with Crippen LogP contribution >= 0.6 is 0 Å². The maximum atomic E-state index is 11.7. The van der Waals surface area contributed by atoms with Gasteiger partial charge in [0, 0.05) is 6.92 Å². The molecular weight excluding hydrogens is 194 g/mol. The van der Waals surface area contributed by atoms with Crippen molar-refractivity contribution < 1.29 is 14.7 Å². The predicted octanol–water partition coefficient (Wildman–Crippen LogP) is 1.10. The summed E-state index contributed by atoms with van der Waals surface area (Å²) in [5.74, 6) is -0.644. The minimum Gasteiger partial charge on any atom is -0.507 e. The monoisotopic (exact) mass is 207 g/mol. The van der Waals surface area contributed by atoms with Crippen LogP contribution in [0.25, 0.3) is 0 Å². The smallest absolute Gasteiger partial charge is 0.217 e. The molecule has 0 fully saturated rings. The van der Waals surface area contributed by atoms with E-state index in [0.717, 1.165) is 0 Å². The average molecular weight is 207 g/mol. The Bertz CT molecular complexity index is 387. The quantitative estimate of drug-likeness (QED) is 0.729. The molecule has 1 unspecified atom stereocenters. The molecule has 0 bridgehead atoms. The van der Waals surface area contributed by atoms with Gasteiger partial charge in [-0.1, -0.05) is 12.1 Å². The van der Waals surface area contributed by atoms with Crippen molar-refractivity contribution in [2.24, 2.45) is 0 Å². The van der Waals surface area contributed by atoms with Crippen molar-refractivity contribution >= 4 is 11.7 Å². The predicted molar refractivity (Wildman–Crippen MR) is 55.7 cm³/mol. The van der Waals surface area contributed by atoms with Gasteiger partial charge in [-0.25, -0.2) is 0 Å².